The molecule has 0 bridgehead atoms. The van der Waals surface area contributed by atoms with Gasteiger partial charge in [0.2, 0.25) is 5.91 Å². The van der Waals surface area contributed by atoms with Gasteiger partial charge >= 0.3 is 0 Å². The van der Waals surface area contributed by atoms with Gasteiger partial charge in [0, 0.05) is 11.1 Å². The molecular formula is C15H19N3OS. The van der Waals surface area contributed by atoms with Crippen LogP contribution in [0.3, 0.4) is 0 Å². The SMILES string of the molecule is CC[C@@H](Nc1cccc(C)c1)C(=O)Nc1nc(C)cs1. The summed E-state index contributed by atoms with van der Waals surface area (Å²) in [5.41, 5.74) is 3.05. The Morgan fingerprint density at radius 1 is 1.40 bits per heavy atom. The summed E-state index contributed by atoms with van der Waals surface area (Å²) in [6.07, 6.45) is 0.712. The molecule has 1 amide bonds. The fraction of sp³-hybridized carbons (Fsp3) is 0.333. The van der Waals surface area contributed by atoms with Crippen LogP contribution in [0.1, 0.15) is 24.6 Å². The zero-order chi connectivity index (χ0) is 14.5. The third kappa shape index (κ3) is 3.81. The molecule has 0 aliphatic heterocycles. The van der Waals surface area contributed by atoms with Crippen LogP contribution in [0.5, 0.6) is 0 Å². The van der Waals surface area contributed by atoms with Crippen LogP contribution in [-0.4, -0.2) is 16.9 Å². The Labute approximate surface area is 123 Å². The minimum atomic E-state index is -0.263. The Kier molecular flexibility index (Phi) is 4.74. The number of carbonyl (C=O) groups excluding carboxylic acids is 1. The molecule has 5 heteroatoms. The predicted molar refractivity (Wildman–Crippen MR) is 84.4 cm³/mol. The number of benzene rings is 1. The lowest BCUT2D eigenvalue weighted by Crippen LogP contribution is -2.34. The Hall–Kier alpha value is -1.88. The molecule has 0 saturated carbocycles. The summed E-state index contributed by atoms with van der Waals surface area (Å²) >= 11 is 1.44. The molecule has 0 fully saturated rings. The van der Waals surface area contributed by atoms with Gasteiger partial charge in [-0.15, -0.1) is 11.3 Å². The smallest absolute Gasteiger partial charge is 0.248 e. The Morgan fingerprint density at radius 2 is 2.20 bits per heavy atom. The van der Waals surface area contributed by atoms with E-state index in [0.717, 1.165) is 11.4 Å². The van der Waals surface area contributed by atoms with Gasteiger partial charge in [-0.2, -0.15) is 0 Å². The van der Waals surface area contributed by atoms with Crippen LogP contribution in [0, 0.1) is 13.8 Å². The number of hydrogen-bond acceptors (Lipinski definition) is 4. The standard InChI is InChI=1S/C15H19N3OS/c1-4-13(17-12-7-5-6-10(2)8-12)14(19)18-15-16-11(3)9-20-15/h5-9,13,17H,4H2,1-3H3,(H,16,18,19)/t13-/m1/s1. The molecule has 1 heterocycles. The zero-order valence-electron chi connectivity index (χ0n) is 11.9. The molecule has 0 aliphatic rings. The predicted octanol–water partition coefficient (Wildman–Crippen LogP) is 3.59. The van der Waals surface area contributed by atoms with E-state index >= 15 is 0 Å². The molecule has 0 aliphatic carbocycles. The number of nitrogens with zero attached hydrogens (tertiary/aromatic N) is 1. The molecule has 0 saturated heterocycles. The first-order valence-electron chi connectivity index (χ1n) is 6.64. The van der Waals surface area contributed by atoms with Crippen molar-refractivity contribution < 1.29 is 4.79 Å². The highest BCUT2D eigenvalue weighted by molar-refractivity contribution is 7.13. The zero-order valence-corrected chi connectivity index (χ0v) is 12.8. The molecule has 1 aromatic carbocycles. The summed E-state index contributed by atoms with van der Waals surface area (Å²) in [4.78, 5) is 16.5. The Balaban J connectivity index is 2.02. The van der Waals surface area contributed by atoms with E-state index in [9.17, 15) is 4.79 Å². The van der Waals surface area contributed by atoms with Gasteiger partial charge in [0.1, 0.15) is 6.04 Å². The highest BCUT2D eigenvalue weighted by Crippen LogP contribution is 2.17. The molecule has 0 unspecified atom stereocenters. The van der Waals surface area contributed by atoms with E-state index in [1.165, 1.54) is 16.9 Å². The van der Waals surface area contributed by atoms with E-state index in [1.807, 2.05) is 50.4 Å². The molecule has 2 N–H and O–H groups in total. The van der Waals surface area contributed by atoms with Crippen molar-refractivity contribution in [3.63, 3.8) is 0 Å². The number of hydrogen-bond donors (Lipinski definition) is 2. The lowest BCUT2D eigenvalue weighted by molar-refractivity contribution is -0.116. The van der Waals surface area contributed by atoms with E-state index in [0.29, 0.717) is 11.6 Å². The number of carbonyl (C=O) groups is 1. The molecule has 106 valence electrons. The van der Waals surface area contributed by atoms with Gasteiger partial charge in [0.05, 0.1) is 5.69 Å². The second-order valence-corrected chi connectivity index (χ2v) is 5.62. The first-order valence-corrected chi connectivity index (χ1v) is 7.52. The molecule has 2 rings (SSSR count). The first kappa shape index (κ1) is 14.5. The van der Waals surface area contributed by atoms with Crippen LogP contribution in [0.4, 0.5) is 10.8 Å². The molecule has 20 heavy (non-hydrogen) atoms. The van der Waals surface area contributed by atoms with Crippen LogP contribution in [0.25, 0.3) is 0 Å². The third-order valence-corrected chi connectivity index (χ3v) is 3.81. The van der Waals surface area contributed by atoms with Gasteiger partial charge in [-0.1, -0.05) is 19.1 Å². The van der Waals surface area contributed by atoms with E-state index in [4.69, 9.17) is 0 Å². The number of aryl methyl sites for hydroxylation is 2. The monoisotopic (exact) mass is 289 g/mol. The number of thiazole rings is 1. The van der Waals surface area contributed by atoms with Gasteiger partial charge in [0.25, 0.3) is 0 Å². The van der Waals surface area contributed by atoms with E-state index < -0.39 is 0 Å². The van der Waals surface area contributed by atoms with Crippen molar-refractivity contribution in [2.75, 3.05) is 10.6 Å². The summed E-state index contributed by atoms with van der Waals surface area (Å²) in [5, 5.41) is 8.69. The number of aromatic nitrogens is 1. The second kappa shape index (κ2) is 6.52. The number of nitrogens with one attached hydrogen (secondary N) is 2. The largest absolute Gasteiger partial charge is 0.374 e. The fourth-order valence-corrected chi connectivity index (χ4v) is 2.58. The summed E-state index contributed by atoms with van der Waals surface area (Å²) in [6, 6.07) is 7.75. The maximum absolute atomic E-state index is 12.2. The minimum absolute atomic E-state index is 0.0524. The van der Waals surface area contributed by atoms with Crippen molar-refractivity contribution in [1.29, 1.82) is 0 Å². The average Bonchev–Trinajstić information content (AvgIpc) is 2.81. The number of amides is 1. The Bertz CT molecular complexity index is 594. The van der Waals surface area contributed by atoms with Crippen molar-refractivity contribution in [1.82, 2.24) is 4.98 Å². The summed E-state index contributed by atoms with van der Waals surface area (Å²) in [5.74, 6) is -0.0524. The van der Waals surface area contributed by atoms with E-state index in [-0.39, 0.29) is 11.9 Å². The molecular weight excluding hydrogens is 270 g/mol. The van der Waals surface area contributed by atoms with Crippen molar-refractivity contribution in [3.8, 4) is 0 Å². The topological polar surface area (TPSA) is 54.0 Å². The molecule has 1 aromatic heterocycles. The highest BCUT2D eigenvalue weighted by Gasteiger charge is 2.17. The van der Waals surface area contributed by atoms with Gasteiger partial charge < -0.3 is 10.6 Å². The average molecular weight is 289 g/mol. The van der Waals surface area contributed by atoms with Crippen molar-refractivity contribution in [2.45, 2.75) is 33.2 Å². The highest BCUT2D eigenvalue weighted by atomic mass is 32.1. The van der Waals surface area contributed by atoms with Crippen LogP contribution in [-0.2, 0) is 4.79 Å². The lowest BCUT2D eigenvalue weighted by atomic mass is 10.1. The quantitative estimate of drug-likeness (QED) is 0.884. The van der Waals surface area contributed by atoms with Crippen LogP contribution >= 0.6 is 11.3 Å². The van der Waals surface area contributed by atoms with Crippen LogP contribution in [0.15, 0.2) is 29.6 Å². The van der Waals surface area contributed by atoms with Gasteiger partial charge in [-0.25, -0.2) is 4.98 Å². The lowest BCUT2D eigenvalue weighted by Gasteiger charge is -2.17. The fourth-order valence-electron chi connectivity index (χ4n) is 1.89. The molecule has 0 radical (unpaired) electrons. The van der Waals surface area contributed by atoms with Gasteiger partial charge in [-0.05, 0) is 38.0 Å². The van der Waals surface area contributed by atoms with Crippen molar-refractivity contribution in [2.24, 2.45) is 0 Å². The summed E-state index contributed by atoms with van der Waals surface area (Å²) in [7, 11) is 0. The van der Waals surface area contributed by atoms with Crippen LogP contribution < -0.4 is 10.6 Å². The summed E-state index contributed by atoms with van der Waals surface area (Å²) in [6.45, 7) is 5.93. The number of anilines is 2. The van der Waals surface area contributed by atoms with Crippen molar-refractivity contribution in [3.05, 3.63) is 40.9 Å². The van der Waals surface area contributed by atoms with Crippen molar-refractivity contribution >= 4 is 28.1 Å². The second-order valence-electron chi connectivity index (χ2n) is 4.76. The van der Waals surface area contributed by atoms with E-state index in [2.05, 4.69) is 15.6 Å². The van der Waals surface area contributed by atoms with E-state index in [1.54, 1.807) is 0 Å². The maximum atomic E-state index is 12.2. The molecule has 0 spiro atoms. The molecule has 1 atom stereocenters. The first-order chi connectivity index (χ1) is 9.58. The normalized spacial score (nSPS) is 11.9. The van der Waals surface area contributed by atoms with Gasteiger partial charge in [0.15, 0.2) is 5.13 Å². The minimum Gasteiger partial charge on any atom is -0.374 e. The summed E-state index contributed by atoms with van der Waals surface area (Å²) < 4.78 is 0. The van der Waals surface area contributed by atoms with Gasteiger partial charge in [-0.3, -0.25) is 4.79 Å². The maximum Gasteiger partial charge on any atom is 0.248 e. The Morgan fingerprint density at radius 3 is 2.80 bits per heavy atom. The molecule has 4 nitrogen and oxygen atoms in total. The number of rotatable bonds is 5. The van der Waals surface area contributed by atoms with Crippen LogP contribution in [0.2, 0.25) is 0 Å². The third-order valence-electron chi connectivity index (χ3n) is 2.93. The molecule has 2 aromatic rings.